The number of nitrogen functional groups attached to an aromatic ring is 1. The summed E-state index contributed by atoms with van der Waals surface area (Å²) in [5, 5.41) is 3.69. The summed E-state index contributed by atoms with van der Waals surface area (Å²) in [5.74, 6) is 0.575. The van der Waals surface area contributed by atoms with E-state index in [0.717, 1.165) is 30.9 Å². The van der Waals surface area contributed by atoms with Gasteiger partial charge in [0.15, 0.2) is 0 Å². The molecule has 142 valence electrons. The van der Waals surface area contributed by atoms with E-state index in [-0.39, 0.29) is 17.5 Å². The molecule has 3 N–H and O–H groups in total. The highest BCUT2D eigenvalue weighted by Gasteiger charge is 2.50. The van der Waals surface area contributed by atoms with E-state index in [1.54, 1.807) is 18.2 Å². The molecule has 5 heteroatoms. The van der Waals surface area contributed by atoms with Crippen LogP contribution in [-0.4, -0.2) is 29.9 Å². The van der Waals surface area contributed by atoms with Crippen LogP contribution >= 0.6 is 11.6 Å². The molecule has 2 aromatic rings. The minimum absolute atomic E-state index is 0.0677. The predicted molar refractivity (Wildman–Crippen MR) is 110 cm³/mol. The number of likely N-dealkylation sites (N-methyl/N-ethyl adjacent to an activating group) is 1. The number of carbonyl (C=O) groups is 1. The number of nitrogens with two attached hydrogens (primary N) is 1. The molecule has 2 heterocycles. The first-order chi connectivity index (χ1) is 13.0. The van der Waals surface area contributed by atoms with Gasteiger partial charge in [0.2, 0.25) is 0 Å². The highest BCUT2D eigenvalue weighted by Crippen LogP contribution is 2.49. The number of carbonyl (C=O) groups excluding carboxylic acids is 1. The van der Waals surface area contributed by atoms with E-state index in [0.29, 0.717) is 16.3 Å². The number of amides is 1. The summed E-state index contributed by atoms with van der Waals surface area (Å²) in [5.41, 5.74) is 7.89. The predicted octanol–water partition coefficient (Wildman–Crippen LogP) is 4.27. The molecule has 1 atom stereocenters. The van der Waals surface area contributed by atoms with Gasteiger partial charge in [-0.25, -0.2) is 0 Å². The molecule has 0 aromatic heterocycles. The smallest absolute Gasteiger partial charge is 0.255 e. The number of hydrogen-bond donors (Lipinski definition) is 2. The summed E-state index contributed by atoms with van der Waals surface area (Å²) in [6.07, 6.45) is 4.62. The first-order valence-corrected chi connectivity index (χ1v) is 10.00. The second-order valence-electron chi connectivity index (χ2n) is 7.95. The molecular formula is C22H26ClN3O. The Kier molecular flexibility index (Phi) is 4.87. The van der Waals surface area contributed by atoms with Gasteiger partial charge in [0.25, 0.3) is 5.91 Å². The molecule has 0 unspecified atom stereocenters. The normalized spacial score (nSPS) is 25.9. The molecule has 2 bridgehead atoms. The van der Waals surface area contributed by atoms with Gasteiger partial charge in [-0.05, 0) is 56.3 Å². The maximum Gasteiger partial charge on any atom is 0.255 e. The van der Waals surface area contributed by atoms with E-state index < -0.39 is 0 Å². The quantitative estimate of drug-likeness (QED) is 0.775. The fraction of sp³-hybridized carbons (Fsp3) is 0.409. The van der Waals surface area contributed by atoms with Crippen molar-refractivity contribution in [3.63, 3.8) is 0 Å². The van der Waals surface area contributed by atoms with E-state index in [1.807, 2.05) is 18.2 Å². The van der Waals surface area contributed by atoms with E-state index in [2.05, 4.69) is 29.4 Å². The molecule has 2 aliphatic heterocycles. The molecule has 1 saturated carbocycles. The van der Waals surface area contributed by atoms with Crippen molar-refractivity contribution >= 4 is 23.2 Å². The number of hydrogen-bond acceptors (Lipinski definition) is 3. The third-order valence-electron chi connectivity index (χ3n) is 6.48. The van der Waals surface area contributed by atoms with Crippen LogP contribution in [0, 0.1) is 5.92 Å². The van der Waals surface area contributed by atoms with Crippen LogP contribution in [0.25, 0.3) is 0 Å². The van der Waals surface area contributed by atoms with Crippen molar-refractivity contribution < 1.29 is 4.79 Å². The SMILES string of the molecule is CN1CC2CCC1([C@@H](NC(=O)c1c(N)cccc1Cl)c1ccccc1)CC2. The standard InChI is InChI=1S/C22H26ClN3O/c1-26-14-15-10-12-22(26,13-11-15)20(16-6-3-2-4-7-16)25-21(27)19-17(23)8-5-9-18(19)24/h2-9,15,20H,10-14,24H2,1H3,(H,25,27)/t15?,20-,22?/m0/s1. The summed E-state index contributed by atoms with van der Waals surface area (Å²) in [6.45, 7) is 1.09. The maximum absolute atomic E-state index is 13.2. The van der Waals surface area contributed by atoms with E-state index in [1.165, 1.54) is 12.8 Å². The lowest BCUT2D eigenvalue weighted by molar-refractivity contribution is -0.0404. The lowest BCUT2D eigenvalue weighted by Gasteiger charge is -2.57. The Morgan fingerprint density at radius 3 is 2.52 bits per heavy atom. The van der Waals surface area contributed by atoms with Gasteiger partial charge in [0.1, 0.15) is 0 Å². The molecule has 4 nitrogen and oxygen atoms in total. The van der Waals surface area contributed by atoms with Crippen LogP contribution in [0.2, 0.25) is 5.02 Å². The number of nitrogens with one attached hydrogen (secondary N) is 1. The fourth-order valence-corrected chi connectivity index (χ4v) is 5.24. The fourth-order valence-electron chi connectivity index (χ4n) is 4.98. The largest absolute Gasteiger partial charge is 0.398 e. The van der Waals surface area contributed by atoms with Crippen molar-refractivity contribution in [1.82, 2.24) is 10.2 Å². The lowest BCUT2D eigenvalue weighted by Crippen LogP contribution is -2.62. The zero-order valence-corrected chi connectivity index (χ0v) is 16.4. The van der Waals surface area contributed by atoms with Crippen LogP contribution in [0.3, 0.4) is 0 Å². The van der Waals surface area contributed by atoms with Crippen LogP contribution in [-0.2, 0) is 0 Å². The summed E-state index contributed by atoms with van der Waals surface area (Å²) < 4.78 is 0. The molecule has 1 amide bonds. The number of nitrogens with zero attached hydrogens (tertiary/aromatic N) is 1. The second kappa shape index (κ2) is 7.17. The van der Waals surface area contributed by atoms with Crippen molar-refractivity contribution in [2.45, 2.75) is 37.3 Å². The van der Waals surface area contributed by atoms with Gasteiger partial charge in [0.05, 0.1) is 16.6 Å². The first kappa shape index (κ1) is 18.3. The van der Waals surface area contributed by atoms with Crippen molar-refractivity contribution in [2.75, 3.05) is 19.3 Å². The number of fused-ring (bicyclic) bond motifs is 3. The molecule has 1 aliphatic carbocycles. The first-order valence-electron chi connectivity index (χ1n) is 9.62. The maximum atomic E-state index is 13.2. The zero-order valence-electron chi connectivity index (χ0n) is 15.6. The number of halogens is 1. The van der Waals surface area contributed by atoms with Crippen LogP contribution in [0.15, 0.2) is 48.5 Å². The molecule has 27 heavy (non-hydrogen) atoms. The summed E-state index contributed by atoms with van der Waals surface area (Å²) in [7, 11) is 2.19. The molecule has 5 rings (SSSR count). The highest BCUT2D eigenvalue weighted by molar-refractivity contribution is 6.34. The number of benzene rings is 2. The summed E-state index contributed by atoms with van der Waals surface area (Å²) >= 11 is 6.29. The Balaban J connectivity index is 1.72. The molecule has 2 aromatic carbocycles. The topological polar surface area (TPSA) is 58.4 Å². The van der Waals surface area contributed by atoms with Gasteiger partial charge in [-0.3, -0.25) is 9.69 Å². The van der Waals surface area contributed by atoms with Crippen LogP contribution < -0.4 is 11.1 Å². The Hall–Kier alpha value is -2.04. The Bertz CT molecular complexity index is 810. The molecular weight excluding hydrogens is 358 g/mol. The van der Waals surface area contributed by atoms with Crippen molar-refractivity contribution in [3.8, 4) is 0 Å². The minimum Gasteiger partial charge on any atom is -0.398 e. The molecule has 2 saturated heterocycles. The average Bonchev–Trinajstić information content (AvgIpc) is 2.67. The third kappa shape index (κ3) is 3.21. The van der Waals surface area contributed by atoms with E-state index in [4.69, 9.17) is 17.3 Å². The van der Waals surface area contributed by atoms with Crippen LogP contribution in [0.5, 0.6) is 0 Å². The van der Waals surface area contributed by atoms with Crippen LogP contribution in [0.4, 0.5) is 5.69 Å². The number of rotatable bonds is 4. The van der Waals surface area contributed by atoms with Crippen molar-refractivity contribution in [2.24, 2.45) is 5.92 Å². The molecule has 0 spiro atoms. The van der Waals surface area contributed by atoms with Gasteiger partial charge in [-0.2, -0.15) is 0 Å². The lowest BCUT2D eigenvalue weighted by atomic mass is 9.66. The van der Waals surface area contributed by atoms with E-state index in [9.17, 15) is 4.79 Å². The highest BCUT2D eigenvalue weighted by atomic mass is 35.5. The van der Waals surface area contributed by atoms with Crippen molar-refractivity contribution in [3.05, 3.63) is 64.7 Å². The van der Waals surface area contributed by atoms with Crippen LogP contribution in [0.1, 0.15) is 47.6 Å². The Morgan fingerprint density at radius 1 is 1.19 bits per heavy atom. The van der Waals surface area contributed by atoms with Gasteiger partial charge in [-0.1, -0.05) is 48.0 Å². The number of piperidine rings is 2. The third-order valence-corrected chi connectivity index (χ3v) is 6.80. The second-order valence-corrected chi connectivity index (χ2v) is 8.36. The van der Waals surface area contributed by atoms with E-state index >= 15 is 0 Å². The van der Waals surface area contributed by atoms with Gasteiger partial charge >= 0.3 is 0 Å². The summed E-state index contributed by atoms with van der Waals surface area (Å²) in [6, 6.07) is 15.4. The Labute approximate surface area is 165 Å². The zero-order chi connectivity index (χ0) is 19.0. The Morgan fingerprint density at radius 2 is 1.89 bits per heavy atom. The van der Waals surface area contributed by atoms with Crippen molar-refractivity contribution in [1.29, 1.82) is 0 Å². The molecule has 3 aliphatic rings. The molecule has 3 fully saturated rings. The monoisotopic (exact) mass is 383 g/mol. The van der Waals surface area contributed by atoms with Gasteiger partial charge < -0.3 is 11.1 Å². The average molecular weight is 384 g/mol. The minimum atomic E-state index is -0.206. The number of anilines is 1. The summed E-state index contributed by atoms with van der Waals surface area (Å²) in [4.78, 5) is 15.7. The molecule has 0 radical (unpaired) electrons. The van der Waals surface area contributed by atoms with Gasteiger partial charge in [-0.15, -0.1) is 0 Å². The van der Waals surface area contributed by atoms with Gasteiger partial charge in [0, 0.05) is 17.8 Å².